The van der Waals surface area contributed by atoms with Gasteiger partial charge >= 0.3 is 0 Å². The van der Waals surface area contributed by atoms with E-state index in [0.717, 1.165) is 24.5 Å². The van der Waals surface area contributed by atoms with Gasteiger partial charge in [0.15, 0.2) is 5.13 Å². The number of fused-ring (bicyclic) bond motifs is 1. The molecule has 2 heterocycles. The van der Waals surface area contributed by atoms with Gasteiger partial charge in [0.05, 0.1) is 0 Å². The molecule has 1 aromatic rings. The van der Waals surface area contributed by atoms with E-state index in [1.54, 1.807) is 0 Å². The van der Waals surface area contributed by atoms with Crippen LogP contribution in [0.1, 0.15) is 49.8 Å². The van der Waals surface area contributed by atoms with Gasteiger partial charge in [-0.15, -0.1) is 11.3 Å². The number of anilines is 1. The van der Waals surface area contributed by atoms with Crippen molar-refractivity contribution < 1.29 is 0 Å². The quantitative estimate of drug-likeness (QED) is 0.916. The second kappa shape index (κ2) is 5.06. The standard InChI is InChI=1S/C15H23N3S/c1-2-4-14-11(3-1)7-8-18(14)15-17-10-13(19-15)9-16-12-5-6-12/h10-12,14,16H,1-9H2. The Morgan fingerprint density at radius 1 is 1.21 bits per heavy atom. The summed E-state index contributed by atoms with van der Waals surface area (Å²) in [6.45, 7) is 2.25. The van der Waals surface area contributed by atoms with E-state index in [9.17, 15) is 0 Å². The van der Waals surface area contributed by atoms with Crippen LogP contribution >= 0.6 is 11.3 Å². The van der Waals surface area contributed by atoms with Crippen LogP contribution in [0.5, 0.6) is 0 Å². The fraction of sp³-hybridized carbons (Fsp3) is 0.800. The van der Waals surface area contributed by atoms with Crippen LogP contribution in [0.2, 0.25) is 0 Å². The number of hydrogen-bond donors (Lipinski definition) is 1. The largest absolute Gasteiger partial charge is 0.345 e. The SMILES string of the molecule is c1nc(N2CCC3CCCCC32)sc1CNC1CC1. The highest BCUT2D eigenvalue weighted by atomic mass is 32.1. The molecule has 1 aromatic heterocycles. The van der Waals surface area contributed by atoms with Crippen molar-refractivity contribution in [2.45, 2.75) is 63.6 Å². The Kier molecular flexibility index (Phi) is 3.24. The Hall–Kier alpha value is -0.610. The van der Waals surface area contributed by atoms with Crippen molar-refractivity contribution in [3.8, 4) is 0 Å². The first kappa shape index (κ1) is 12.2. The molecule has 0 spiro atoms. The Balaban J connectivity index is 1.43. The van der Waals surface area contributed by atoms with E-state index < -0.39 is 0 Å². The van der Waals surface area contributed by atoms with Gasteiger partial charge in [-0.25, -0.2) is 4.98 Å². The molecular formula is C15H23N3S. The van der Waals surface area contributed by atoms with E-state index in [0.29, 0.717) is 0 Å². The summed E-state index contributed by atoms with van der Waals surface area (Å²) >= 11 is 1.91. The van der Waals surface area contributed by atoms with Gasteiger partial charge in [0.1, 0.15) is 0 Å². The average Bonchev–Trinajstić information content (AvgIpc) is 3.00. The van der Waals surface area contributed by atoms with Gasteiger partial charge in [0, 0.05) is 36.2 Å². The summed E-state index contributed by atoms with van der Waals surface area (Å²) in [5, 5.41) is 4.86. The number of hydrogen-bond acceptors (Lipinski definition) is 4. The van der Waals surface area contributed by atoms with Crippen molar-refractivity contribution in [1.82, 2.24) is 10.3 Å². The van der Waals surface area contributed by atoms with Crippen molar-refractivity contribution in [2.75, 3.05) is 11.4 Å². The Morgan fingerprint density at radius 2 is 2.11 bits per heavy atom. The van der Waals surface area contributed by atoms with Crippen LogP contribution in [0.25, 0.3) is 0 Å². The van der Waals surface area contributed by atoms with E-state index in [1.165, 1.54) is 61.5 Å². The van der Waals surface area contributed by atoms with Gasteiger partial charge in [-0.2, -0.15) is 0 Å². The first-order valence-corrected chi connectivity index (χ1v) is 8.66. The summed E-state index contributed by atoms with van der Waals surface area (Å²) in [5.74, 6) is 0.950. The van der Waals surface area contributed by atoms with Crippen molar-refractivity contribution in [1.29, 1.82) is 0 Å². The minimum absolute atomic E-state index is 0.792. The molecule has 3 nitrogen and oxygen atoms in total. The van der Waals surface area contributed by atoms with Crippen LogP contribution in [0.3, 0.4) is 0 Å². The molecule has 0 bridgehead atoms. The minimum atomic E-state index is 0.792. The lowest BCUT2D eigenvalue weighted by Gasteiger charge is -2.31. The average molecular weight is 277 g/mol. The van der Waals surface area contributed by atoms with E-state index >= 15 is 0 Å². The zero-order chi connectivity index (χ0) is 12.7. The lowest BCUT2D eigenvalue weighted by atomic mass is 9.85. The number of aromatic nitrogens is 1. The number of nitrogens with zero attached hydrogens (tertiary/aromatic N) is 2. The molecule has 0 aromatic carbocycles. The zero-order valence-electron chi connectivity index (χ0n) is 11.5. The van der Waals surface area contributed by atoms with Crippen LogP contribution in [0.15, 0.2) is 6.20 Å². The summed E-state index contributed by atoms with van der Waals surface area (Å²) in [7, 11) is 0. The van der Waals surface area contributed by atoms with Gasteiger partial charge in [-0.05, 0) is 38.0 Å². The second-order valence-electron chi connectivity index (χ2n) is 6.36. The molecule has 4 rings (SSSR count). The maximum absolute atomic E-state index is 4.69. The first-order valence-electron chi connectivity index (χ1n) is 7.85. The van der Waals surface area contributed by atoms with Crippen LogP contribution in [-0.2, 0) is 6.54 Å². The molecular weight excluding hydrogens is 254 g/mol. The highest BCUT2D eigenvalue weighted by Crippen LogP contribution is 2.40. The Labute approximate surface area is 119 Å². The van der Waals surface area contributed by atoms with Gasteiger partial charge in [-0.1, -0.05) is 12.8 Å². The third-order valence-electron chi connectivity index (χ3n) is 4.94. The van der Waals surface area contributed by atoms with E-state index in [-0.39, 0.29) is 0 Å². The maximum Gasteiger partial charge on any atom is 0.185 e. The van der Waals surface area contributed by atoms with Crippen molar-refractivity contribution >= 4 is 16.5 Å². The minimum Gasteiger partial charge on any atom is -0.345 e. The fourth-order valence-corrected chi connectivity index (χ4v) is 4.63. The van der Waals surface area contributed by atoms with Crippen molar-refractivity contribution in [3.05, 3.63) is 11.1 Å². The lowest BCUT2D eigenvalue weighted by Crippen LogP contribution is -2.34. The smallest absolute Gasteiger partial charge is 0.185 e. The number of thiazole rings is 1. The molecule has 2 saturated carbocycles. The molecule has 2 unspecified atom stereocenters. The predicted octanol–water partition coefficient (Wildman–Crippen LogP) is 3.16. The molecule has 19 heavy (non-hydrogen) atoms. The lowest BCUT2D eigenvalue weighted by molar-refractivity contribution is 0.342. The van der Waals surface area contributed by atoms with Gasteiger partial charge < -0.3 is 10.2 Å². The molecule has 1 saturated heterocycles. The highest BCUT2D eigenvalue weighted by Gasteiger charge is 2.36. The molecule has 3 fully saturated rings. The Morgan fingerprint density at radius 3 is 3.00 bits per heavy atom. The summed E-state index contributed by atoms with van der Waals surface area (Å²) in [6.07, 6.45) is 11.9. The molecule has 3 aliphatic rings. The maximum atomic E-state index is 4.69. The molecule has 0 amide bonds. The summed E-state index contributed by atoms with van der Waals surface area (Å²) in [4.78, 5) is 8.70. The van der Waals surface area contributed by atoms with E-state index in [4.69, 9.17) is 4.98 Å². The molecule has 2 atom stereocenters. The highest BCUT2D eigenvalue weighted by molar-refractivity contribution is 7.15. The van der Waals surface area contributed by atoms with E-state index in [2.05, 4.69) is 16.4 Å². The molecule has 1 aliphatic heterocycles. The van der Waals surface area contributed by atoms with Crippen molar-refractivity contribution in [3.63, 3.8) is 0 Å². The first-order chi connectivity index (χ1) is 9.40. The van der Waals surface area contributed by atoms with Crippen LogP contribution in [0.4, 0.5) is 5.13 Å². The number of nitrogens with one attached hydrogen (secondary N) is 1. The molecule has 104 valence electrons. The fourth-order valence-electron chi connectivity index (χ4n) is 3.69. The summed E-state index contributed by atoms with van der Waals surface area (Å²) in [6, 6.07) is 1.59. The second-order valence-corrected chi connectivity index (χ2v) is 7.45. The van der Waals surface area contributed by atoms with Crippen LogP contribution < -0.4 is 10.2 Å². The Bertz CT molecular complexity index is 440. The summed E-state index contributed by atoms with van der Waals surface area (Å²) < 4.78 is 0. The molecule has 2 aliphatic carbocycles. The summed E-state index contributed by atoms with van der Waals surface area (Å²) in [5.41, 5.74) is 0. The van der Waals surface area contributed by atoms with Crippen molar-refractivity contribution in [2.24, 2.45) is 5.92 Å². The predicted molar refractivity (Wildman–Crippen MR) is 79.7 cm³/mol. The third kappa shape index (κ3) is 2.52. The number of rotatable bonds is 4. The van der Waals surface area contributed by atoms with Gasteiger partial charge in [0.25, 0.3) is 0 Å². The normalized spacial score (nSPS) is 30.6. The molecule has 0 radical (unpaired) electrons. The zero-order valence-corrected chi connectivity index (χ0v) is 12.3. The van der Waals surface area contributed by atoms with E-state index in [1.807, 2.05) is 11.3 Å². The monoisotopic (exact) mass is 277 g/mol. The topological polar surface area (TPSA) is 28.2 Å². The molecule has 1 N–H and O–H groups in total. The van der Waals surface area contributed by atoms with Gasteiger partial charge in [-0.3, -0.25) is 0 Å². The molecule has 4 heteroatoms. The van der Waals surface area contributed by atoms with Gasteiger partial charge in [0.2, 0.25) is 0 Å². The van der Waals surface area contributed by atoms with Crippen LogP contribution in [-0.4, -0.2) is 23.6 Å². The van der Waals surface area contributed by atoms with Crippen LogP contribution in [0, 0.1) is 5.92 Å². The third-order valence-corrected chi connectivity index (χ3v) is 5.97.